The van der Waals surface area contributed by atoms with Crippen molar-refractivity contribution in [2.45, 2.75) is 57.5 Å². The van der Waals surface area contributed by atoms with Crippen LogP contribution in [0.5, 0.6) is 0 Å². The number of rotatable bonds is 9. The number of fused-ring (bicyclic) bond motifs is 2. The van der Waals surface area contributed by atoms with Gasteiger partial charge in [-0.15, -0.1) is 0 Å². The van der Waals surface area contributed by atoms with Crippen molar-refractivity contribution < 1.29 is 14.6 Å². The van der Waals surface area contributed by atoms with Crippen molar-refractivity contribution in [3.05, 3.63) is 78.2 Å². The summed E-state index contributed by atoms with van der Waals surface area (Å²) in [6, 6.07) is 16.1. The van der Waals surface area contributed by atoms with E-state index in [-0.39, 0.29) is 18.1 Å². The molecule has 3 aromatic rings. The SMILES string of the molecule is CO[C@H]1CC[C@@H]1NC(=O)c1cnn2c(N(C)Cc3ccccc3)cc(-c3cnc4n(CC(C)(C)O)cccc3-4)nc12. The molecule has 0 saturated heterocycles. The van der Waals surface area contributed by atoms with Crippen LogP contribution in [-0.4, -0.2) is 67.1 Å². The van der Waals surface area contributed by atoms with Crippen LogP contribution in [0.3, 0.4) is 0 Å². The number of nitrogens with zero attached hydrogens (tertiary/aromatic N) is 6. The Morgan fingerprint density at radius 1 is 1.15 bits per heavy atom. The minimum absolute atomic E-state index is 0.0224. The Labute approximate surface area is 238 Å². The number of pyridine rings is 1. The molecule has 1 aromatic carbocycles. The molecule has 1 saturated carbocycles. The number of hydrogen-bond donors (Lipinski definition) is 2. The van der Waals surface area contributed by atoms with Gasteiger partial charge < -0.3 is 24.6 Å². The summed E-state index contributed by atoms with van der Waals surface area (Å²) in [6.07, 6.45) is 7.13. The number of aliphatic hydroxyl groups is 1. The summed E-state index contributed by atoms with van der Waals surface area (Å²) in [5, 5.41) is 18.2. The van der Waals surface area contributed by atoms with E-state index in [9.17, 15) is 9.90 Å². The number of aromatic nitrogens is 5. The molecular weight excluding hydrogens is 518 g/mol. The van der Waals surface area contributed by atoms with Crippen LogP contribution in [0, 0.1) is 0 Å². The Balaban J connectivity index is 1.43. The second kappa shape index (κ2) is 10.6. The third-order valence-electron chi connectivity index (χ3n) is 7.66. The molecule has 2 N–H and O–H groups in total. The molecule has 1 fully saturated rings. The minimum Gasteiger partial charge on any atom is -0.389 e. The molecule has 2 atom stereocenters. The number of ether oxygens (including phenoxy) is 1. The first-order valence-corrected chi connectivity index (χ1v) is 13.9. The predicted octanol–water partition coefficient (Wildman–Crippen LogP) is 4.01. The topological polar surface area (TPSA) is 110 Å². The number of methoxy groups -OCH3 is 1. The van der Waals surface area contributed by atoms with Crippen molar-refractivity contribution in [2.24, 2.45) is 0 Å². The smallest absolute Gasteiger partial charge is 0.257 e. The number of hydrogen-bond acceptors (Lipinski definition) is 7. The molecule has 6 rings (SSSR count). The van der Waals surface area contributed by atoms with Crippen molar-refractivity contribution in [3.8, 4) is 22.6 Å². The average molecular weight is 554 g/mol. The van der Waals surface area contributed by atoms with E-state index >= 15 is 0 Å². The molecule has 1 aliphatic carbocycles. The minimum atomic E-state index is -0.898. The van der Waals surface area contributed by atoms with Gasteiger partial charge in [0.2, 0.25) is 0 Å². The molecule has 2 aliphatic heterocycles. The maximum absolute atomic E-state index is 13.4. The first-order valence-electron chi connectivity index (χ1n) is 13.9. The van der Waals surface area contributed by atoms with Crippen molar-refractivity contribution >= 4 is 17.4 Å². The third-order valence-corrected chi connectivity index (χ3v) is 7.66. The van der Waals surface area contributed by atoms with Crippen molar-refractivity contribution in [3.63, 3.8) is 0 Å². The van der Waals surface area contributed by atoms with Crippen LogP contribution < -0.4 is 10.2 Å². The fourth-order valence-electron chi connectivity index (χ4n) is 5.46. The standard InChI is InChI=1S/C31H35N7O3/c1-31(2,40)19-37-14-8-11-21-22(16-32-28(21)37)25-15-27(36(3)18-20-9-6-5-7-10-20)38-29(34-25)23(17-33-38)30(39)35-24-12-13-26(24)41-4/h5-11,14-17,24,26,40H,12-13,18-19H2,1-4H3,(H,35,39)/t24-,26-/m0/s1. The van der Waals surface area contributed by atoms with Gasteiger partial charge in [-0.25, -0.2) is 9.97 Å². The van der Waals surface area contributed by atoms with E-state index in [0.29, 0.717) is 30.0 Å². The highest BCUT2D eigenvalue weighted by molar-refractivity contribution is 6.00. The molecule has 0 spiro atoms. The fourth-order valence-corrected chi connectivity index (χ4v) is 5.46. The summed E-state index contributed by atoms with van der Waals surface area (Å²) in [6.45, 7) is 4.59. The molecule has 0 bridgehead atoms. The van der Waals surface area contributed by atoms with Crippen molar-refractivity contribution in [1.29, 1.82) is 0 Å². The molecule has 4 heterocycles. The van der Waals surface area contributed by atoms with Gasteiger partial charge in [-0.05, 0) is 44.4 Å². The lowest BCUT2D eigenvalue weighted by atomic mass is 9.89. The molecule has 3 aliphatic rings. The van der Waals surface area contributed by atoms with Gasteiger partial charge in [-0.2, -0.15) is 9.61 Å². The third kappa shape index (κ3) is 5.28. The fraction of sp³-hybridized carbons (Fsp3) is 0.355. The number of nitrogens with one attached hydrogen (secondary N) is 1. The summed E-state index contributed by atoms with van der Waals surface area (Å²) >= 11 is 0. The van der Waals surface area contributed by atoms with Crippen LogP contribution in [0.4, 0.5) is 5.82 Å². The van der Waals surface area contributed by atoms with Crippen LogP contribution in [-0.2, 0) is 17.8 Å². The second-order valence-corrected chi connectivity index (χ2v) is 11.4. The highest BCUT2D eigenvalue weighted by Gasteiger charge is 2.33. The summed E-state index contributed by atoms with van der Waals surface area (Å²) in [5.74, 6) is 1.33. The largest absolute Gasteiger partial charge is 0.389 e. The van der Waals surface area contributed by atoms with Crippen molar-refractivity contribution in [2.75, 3.05) is 19.1 Å². The Bertz CT molecular complexity index is 1650. The van der Waals surface area contributed by atoms with Gasteiger partial charge in [0.15, 0.2) is 5.65 Å². The molecule has 41 heavy (non-hydrogen) atoms. The highest BCUT2D eigenvalue weighted by Crippen LogP contribution is 2.35. The van der Waals surface area contributed by atoms with Crippen LogP contribution in [0.15, 0.2) is 67.1 Å². The monoisotopic (exact) mass is 553 g/mol. The quantitative estimate of drug-likeness (QED) is 0.284. The van der Waals surface area contributed by atoms with Gasteiger partial charge >= 0.3 is 0 Å². The second-order valence-electron chi connectivity index (χ2n) is 11.4. The Morgan fingerprint density at radius 2 is 1.95 bits per heavy atom. The Kier molecular flexibility index (Phi) is 6.96. The van der Waals surface area contributed by atoms with Gasteiger partial charge in [0, 0.05) is 50.3 Å². The summed E-state index contributed by atoms with van der Waals surface area (Å²) < 4.78 is 9.15. The van der Waals surface area contributed by atoms with E-state index in [0.717, 1.165) is 41.2 Å². The van der Waals surface area contributed by atoms with Crippen LogP contribution in [0.1, 0.15) is 42.6 Å². The number of carbonyl (C=O) groups is 1. The lowest BCUT2D eigenvalue weighted by molar-refractivity contribution is 0.00732. The van der Waals surface area contributed by atoms with Gasteiger partial charge in [0.25, 0.3) is 5.91 Å². The van der Waals surface area contributed by atoms with E-state index in [1.54, 1.807) is 37.9 Å². The number of carbonyl (C=O) groups excluding carboxylic acids is 1. The molecule has 10 nitrogen and oxygen atoms in total. The Hall–Kier alpha value is -4.28. The lowest BCUT2D eigenvalue weighted by Gasteiger charge is -2.35. The average Bonchev–Trinajstić information content (AvgIpc) is 3.56. The summed E-state index contributed by atoms with van der Waals surface area (Å²) in [7, 11) is 3.67. The van der Waals surface area contributed by atoms with Crippen LogP contribution >= 0.6 is 0 Å². The summed E-state index contributed by atoms with van der Waals surface area (Å²) in [4.78, 5) is 25.2. The zero-order valence-corrected chi connectivity index (χ0v) is 23.8. The van der Waals surface area contributed by atoms with Crippen LogP contribution in [0.25, 0.3) is 28.3 Å². The predicted molar refractivity (Wildman–Crippen MR) is 157 cm³/mol. The van der Waals surface area contributed by atoms with E-state index in [4.69, 9.17) is 14.7 Å². The zero-order valence-electron chi connectivity index (χ0n) is 23.8. The highest BCUT2D eigenvalue weighted by atomic mass is 16.5. The van der Waals surface area contributed by atoms with Crippen LogP contribution in [0.2, 0.25) is 0 Å². The van der Waals surface area contributed by atoms with E-state index in [1.165, 1.54) is 0 Å². The lowest BCUT2D eigenvalue weighted by Crippen LogP contribution is -2.51. The molecule has 2 aromatic heterocycles. The van der Waals surface area contributed by atoms with Gasteiger partial charge in [0.05, 0.1) is 36.2 Å². The first-order chi connectivity index (χ1) is 19.7. The number of anilines is 1. The first kappa shape index (κ1) is 26.9. The normalized spacial score (nSPS) is 17.1. The molecular formula is C31H35N7O3. The van der Waals surface area contributed by atoms with E-state index in [2.05, 4.69) is 27.4 Å². The van der Waals surface area contributed by atoms with Gasteiger partial charge in [0.1, 0.15) is 17.2 Å². The van der Waals surface area contributed by atoms with Crippen molar-refractivity contribution in [1.82, 2.24) is 29.5 Å². The molecule has 212 valence electrons. The molecule has 1 amide bonds. The van der Waals surface area contributed by atoms with E-state index in [1.807, 2.05) is 54.2 Å². The number of benzene rings is 1. The maximum Gasteiger partial charge on any atom is 0.257 e. The molecule has 10 heteroatoms. The summed E-state index contributed by atoms with van der Waals surface area (Å²) in [5.41, 5.74) is 3.56. The van der Waals surface area contributed by atoms with Gasteiger partial charge in [-0.3, -0.25) is 4.79 Å². The molecule has 0 radical (unpaired) electrons. The van der Waals surface area contributed by atoms with Gasteiger partial charge in [-0.1, -0.05) is 30.3 Å². The Morgan fingerprint density at radius 3 is 2.66 bits per heavy atom. The number of amides is 1. The molecule has 0 unspecified atom stereocenters. The van der Waals surface area contributed by atoms with E-state index < -0.39 is 5.60 Å². The maximum atomic E-state index is 13.4. The zero-order chi connectivity index (χ0) is 28.7.